The van der Waals surface area contributed by atoms with Crippen LogP contribution >= 0.6 is 23.8 Å². The highest BCUT2D eigenvalue weighted by Gasteiger charge is 2.39. The zero-order valence-electron chi connectivity index (χ0n) is 13.9. The lowest BCUT2D eigenvalue weighted by molar-refractivity contribution is 0.357. The Bertz CT molecular complexity index is 959. The van der Waals surface area contributed by atoms with Gasteiger partial charge in [-0.05, 0) is 54.7 Å². The molecule has 0 radical (unpaired) electrons. The van der Waals surface area contributed by atoms with Crippen molar-refractivity contribution in [2.45, 2.75) is 12.1 Å². The molecule has 26 heavy (non-hydrogen) atoms. The predicted octanol–water partition coefficient (Wildman–Crippen LogP) is 4.27. The highest BCUT2D eigenvalue weighted by molar-refractivity contribution is 7.80. The van der Waals surface area contributed by atoms with Crippen LogP contribution in [0.4, 0.5) is 4.39 Å². The first-order valence-electron chi connectivity index (χ1n) is 8.13. The van der Waals surface area contributed by atoms with Crippen molar-refractivity contribution >= 4 is 28.9 Å². The van der Waals surface area contributed by atoms with Gasteiger partial charge in [-0.1, -0.05) is 17.7 Å². The maximum Gasteiger partial charge on any atom is 0.169 e. The minimum atomic E-state index is -0.434. The third-order valence-electron chi connectivity index (χ3n) is 4.60. The number of nitrogens with zero attached hydrogens (tertiary/aromatic N) is 3. The molecular weight excluding hydrogens is 371 g/mol. The van der Waals surface area contributed by atoms with Gasteiger partial charge in [0.2, 0.25) is 0 Å². The standard InChI is InChI=1S/C19H16ClFN4S/c1-24-18(17(23-19(24)26)15-5-2-3-9-22-15)16-6-4-10-25(16)12-7-8-14(21)13(20)11-12/h2-11,17-18H,1H3,(H,23,26)/t17-,18-/m1/s1. The number of likely N-dealkylation sites (N-methyl/N-ethyl adjacent to an activating group) is 1. The third-order valence-corrected chi connectivity index (χ3v) is 5.30. The molecule has 4 nitrogen and oxygen atoms in total. The average molecular weight is 387 g/mol. The molecule has 2 aromatic heterocycles. The van der Waals surface area contributed by atoms with Gasteiger partial charge < -0.3 is 14.8 Å². The first-order chi connectivity index (χ1) is 12.6. The molecule has 0 aliphatic carbocycles. The van der Waals surface area contributed by atoms with Gasteiger partial charge in [0, 0.05) is 30.8 Å². The highest BCUT2D eigenvalue weighted by Crippen LogP contribution is 2.38. The Morgan fingerprint density at radius 1 is 1.19 bits per heavy atom. The molecule has 0 saturated carbocycles. The lowest BCUT2D eigenvalue weighted by atomic mass is 10.0. The van der Waals surface area contributed by atoms with Crippen molar-refractivity contribution in [1.29, 1.82) is 0 Å². The molecular formula is C19H16ClFN4S. The summed E-state index contributed by atoms with van der Waals surface area (Å²) in [5.74, 6) is -0.434. The number of hydrogen-bond acceptors (Lipinski definition) is 2. The molecule has 1 saturated heterocycles. The molecule has 4 rings (SSSR count). The molecule has 1 aliphatic heterocycles. The van der Waals surface area contributed by atoms with Gasteiger partial charge in [0.1, 0.15) is 5.82 Å². The second kappa shape index (κ2) is 6.70. The quantitative estimate of drug-likeness (QED) is 0.681. The van der Waals surface area contributed by atoms with Crippen LogP contribution in [0.15, 0.2) is 60.9 Å². The molecule has 2 atom stereocenters. The number of benzene rings is 1. The van der Waals surface area contributed by atoms with E-state index in [-0.39, 0.29) is 17.1 Å². The van der Waals surface area contributed by atoms with E-state index in [0.29, 0.717) is 5.11 Å². The van der Waals surface area contributed by atoms with E-state index in [2.05, 4.69) is 10.3 Å². The molecule has 3 heterocycles. The molecule has 0 bridgehead atoms. The number of rotatable bonds is 3. The van der Waals surface area contributed by atoms with Crippen LogP contribution < -0.4 is 5.32 Å². The van der Waals surface area contributed by atoms with E-state index in [1.807, 2.05) is 53.0 Å². The molecule has 1 aromatic carbocycles. The smallest absolute Gasteiger partial charge is 0.169 e. The molecule has 0 amide bonds. The minimum Gasteiger partial charge on any atom is -0.352 e. The first kappa shape index (κ1) is 17.0. The summed E-state index contributed by atoms with van der Waals surface area (Å²) in [5.41, 5.74) is 2.72. The Kier molecular flexibility index (Phi) is 4.38. The first-order valence-corrected chi connectivity index (χ1v) is 8.92. The van der Waals surface area contributed by atoms with Gasteiger partial charge in [0.15, 0.2) is 5.11 Å². The number of nitrogens with one attached hydrogen (secondary N) is 1. The Morgan fingerprint density at radius 3 is 2.77 bits per heavy atom. The summed E-state index contributed by atoms with van der Waals surface area (Å²) >= 11 is 11.5. The van der Waals surface area contributed by atoms with Crippen LogP contribution in [0.2, 0.25) is 5.02 Å². The predicted molar refractivity (Wildman–Crippen MR) is 104 cm³/mol. The Morgan fingerprint density at radius 2 is 2.04 bits per heavy atom. The number of hydrogen-bond donors (Lipinski definition) is 1. The van der Waals surface area contributed by atoms with E-state index < -0.39 is 5.82 Å². The van der Waals surface area contributed by atoms with Crippen LogP contribution in [0.5, 0.6) is 0 Å². The van der Waals surface area contributed by atoms with Crippen LogP contribution in [-0.2, 0) is 0 Å². The highest BCUT2D eigenvalue weighted by atomic mass is 35.5. The molecule has 1 aliphatic rings. The number of pyridine rings is 1. The van der Waals surface area contributed by atoms with Crippen molar-refractivity contribution in [2.75, 3.05) is 7.05 Å². The van der Waals surface area contributed by atoms with Crippen LogP contribution in [0.1, 0.15) is 23.5 Å². The maximum absolute atomic E-state index is 13.6. The van der Waals surface area contributed by atoms with Gasteiger partial charge in [-0.3, -0.25) is 4.98 Å². The molecule has 1 fully saturated rings. The SMILES string of the molecule is CN1C(=S)N[C@H](c2ccccn2)[C@H]1c1cccn1-c1ccc(F)c(Cl)c1. The largest absolute Gasteiger partial charge is 0.352 e. The summed E-state index contributed by atoms with van der Waals surface area (Å²) in [6, 6.07) is 14.4. The summed E-state index contributed by atoms with van der Waals surface area (Å²) in [6.45, 7) is 0. The van der Waals surface area contributed by atoms with Crippen LogP contribution in [-0.4, -0.2) is 26.6 Å². The van der Waals surface area contributed by atoms with Crippen molar-refractivity contribution in [2.24, 2.45) is 0 Å². The van der Waals surface area contributed by atoms with Crippen LogP contribution in [0, 0.1) is 5.82 Å². The third kappa shape index (κ3) is 2.85. The normalized spacial score (nSPS) is 19.7. The van der Waals surface area contributed by atoms with Gasteiger partial charge in [-0.15, -0.1) is 0 Å². The van der Waals surface area contributed by atoms with Crippen molar-refractivity contribution < 1.29 is 4.39 Å². The summed E-state index contributed by atoms with van der Waals surface area (Å²) < 4.78 is 15.6. The van der Waals surface area contributed by atoms with Crippen LogP contribution in [0.3, 0.4) is 0 Å². The lowest BCUT2D eigenvalue weighted by Gasteiger charge is -2.25. The number of thiocarbonyl (C=S) groups is 1. The number of aromatic nitrogens is 2. The lowest BCUT2D eigenvalue weighted by Crippen LogP contribution is -2.25. The second-order valence-electron chi connectivity index (χ2n) is 6.14. The van der Waals surface area contributed by atoms with E-state index in [1.165, 1.54) is 6.07 Å². The van der Waals surface area contributed by atoms with Crippen LogP contribution in [0.25, 0.3) is 5.69 Å². The fourth-order valence-electron chi connectivity index (χ4n) is 3.33. The summed E-state index contributed by atoms with van der Waals surface area (Å²) in [7, 11) is 1.96. The zero-order valence-corrected chi connectivity index (χ0v) is 15.5. The molecule has 3 aromatic rings. The molecule has 0 unspecified atom stereocenters. The molecule has 1 N–H and O–H groups in total. The van der Waals surface area contributed by atoms with E-state index in [0.717, 1.165) is 17.1 Å². The monoisotopic (exact) mass is 386 g/mol. The van der Waals surface area contributed by atoms with Crippen molar-refractivity contribution in [3.05, 3.63) is 83.2 Å². The van der Waals surface area contributed by atoms with Gasteiger partial charge in [-0.2, -0.15) is 0 Å². The minimum absolute atomic E-state index is 0.0590. The summed E-state index contributed by atoms with van der Waals surface area (Å²) in [5, 5.41) is 4.11. The van der Waals surface area contributed by atoms with Gasteiger partial charge in [-0.25, -0.2) is 4.39 Å². The summed E-state index contributed by atoms with van der Waals surface area (Å²) in [4.78, 5) is 6.51. The maximum atomic E-state index is 13.6. The van der Waals surface area contributed by atoms with Gasteiger partial charge in [0.05, 0.1) is 22.8 Å². The van der Waals surface area contributed by atoms with Gasteiger partial charge in [0.25, 0.3) is 0 Å². The Balaban J connectivity index is 1.80. The van der Waals surface area contributed by atoms with Gasteiger partial charge >= 0.3 is 0 Å². The van der Waals surface area contributed by atoms with E-state index in [9.17, 15) is 4.39 Å². The van der Waals surface area contributed by atoms with E-state index in [4.69, 9.17) is 23.8 Å². The fraction of sp³-hybridized carbons (Fsp3) is 0.158. The molecule has 7 heteroatoms. The van der Waals surface area contributed by atoms with Crippen molar-refractivity contribution in [3.63, 3.8) is 0 Å². The Hall–Kier alpha value is -2.44. The zero-order chi connectivity index (χ0) is 18.3. The van der Waals surface area contributed by atoms with Crippen molar-refractivity contribution in [3.8, 4) is 5.69 Å². The van der Waals surface area contributed by atoms with E-state index >= 15 is 0 Å². The van der Waals surface area contributed by atoms with Crippen molar-refractivity contribution in [1.82, 2.24) is 19.8 Å². The number of halogens is 2. The Labute approximate surface area is 161 Å². The molecule has 0 spiro atoms. The second-order valence-corrected chi connectivity index (χ2v) is 6.93. The fourth-order valence-corrected chi connectivity index (χ4v) is 3.75. The summed E-state index contributed by atoms with van der Waals surface area (Å²) in [6.07, 6.45) is 3.71. The molecule has 132 valence electrons. The van der Waals surface area contributed by atoms with E-state index in [1.54, 1.807) is 18.3 Å². The average Bonchev–Trinajstić information content (AvgIpc) is 3.23. The topological polar surface area (TPSA) is 33.1 Å².